The molecule has 122 valence electrons. The fourth-order valence-electron chi connectivity index (χ4n) is 3.68. The van der Waals surface area contributed by atoms with Gasteiger partial charge >= 0.3 is 0 Å². The van der Waals surface area contributed by atoms with Gasteiger partial charge in [0.05, 0.1) is 12.8 Å². The Morgan fingerprint density at radius 1 is 1.23 bits per heavy atom. The van der Waals surface area contributed by atoms with E-state index in [2.05, 4.69) is 40.2 Å². The number of piperidine rings is 1. The lowest BCUT2D eigenvalue weighted by Crippen LogP contribution is -2.43. The molecule has 3 rings (SSSR count). The summed E-state index contributed by atoms with van der Waals surface area (Å²) in [5.41, 5.74) is 2.60. The lowest BCUT2D eigenvalue weighted by Gasteiger charge is -2.32. The number of benzene rings is 1. The molecule has 1 unspecified atom stereocenters. The third-order valence-electron chi connectivity index (χ3n) is 4.85. The molecule has 0 aromatic heterocycles. The molecule has 22 heavy (non-hydrogen) atoms. The van der Waals surface area contributed by atoms with Crippen molar-refractivity contribution in [1.82, 2.24) is 10.2 Å². The van der Waals surface area contributed by atoms with E-state index in [1.165, 1.54) is 37.2 Å². The smallest absolute Gasteiger partial charge is 0.142 e. The standard InChI is InChI=1S/C18H29N3O/c1-15-4-3-9-20(13-15)14-16-5-6-17(18(12-16)22-2)21-10-7-19-8-11-21/h5-6,12,15,19H,3-4,7-11,13-14H2,1-2H3. The molecule has 1 aromatic carbocycles. The Bertz CT molecular complexity index is 485. The molecule has 2 aliphatic rings. The van der Waals surface area contributed by atoms with E-state index in [-0.39, 0.29) is 0 Å². The van der Waals surface area contributed by atoms with E-state index >= 15 is 0 Å². The summed E-state index contributed by atoms with van der Waals surface area (Å²) < 4.78 is 5.67. The van der Waals surface area contributed by atoms with Crippen LogP contribution in [0.5, 0.6) is 5.75 Å². The van der Waals surface area contributed by atoms with Crippen molar-refractivity contribution in [2.24, 2.45) is 5.92 Å². The number of piperazine rings is 1. The van der Waals surface area contributed by atoms with Crippen molar-refractivity contribution in [1.29, 1.82) is 0 Å². The van der Waals surface area contributed by atoms with Crippen LogP contribution in [0.3, 0.4) is 0 Å². The van der Waals surface area contributed by atoms with Crippen LogP contribution in [0.15, 0.2) is 18.2 Å². The topological polar surface area (TPSA) is 27.7 Å². The molecule has 0 bridgehead atoms. The molecule has 4 nitrogen and oxygen atoms in total. The molecule has 4 heteroatoms. The molecule has 0 amide bonds. The predicted octanol–water partition coefficient (Wildman–Crippen LogP) is 2.34. The van der Waals surface area contributed by atoms with Crippen molar-refractivity contribution < 1.29 is 4.74 Å². The highest BCUT2D eigenvalue weighted by molar-refractivity contribution is 5.60. The van der Waals surface area contributed by atoms with Crippen molar-refractivity contribution in [2.45, 2.75) is 26.3 Å². The van der Waals surface area contributed by atoms with Crippen LogP contribution in [0.1, 0.15) is 25.3 Å². The van der Waals surface area contributed by atoms with Crippen molar-refractivity contribution in [3.8, 4) is 5.75 Å². The van der Waals surface area contributed by atoms with E-state index in [0.717, 1.165) is 44.4 Å². The fraction of sp³-hybridized carbons (Fsp3) is 0.667. The zero-order valence-electron chi connectivity index (χ0n) is 14.0. The van der Waals surface area contributed by atoms with Gasteiger partial charge in [-0.1, -0.05) is 13.0 Å². The van der Waals surface area contributed by atoms with Crippen molar-refractivity contribution >= 4 is 5.69 Å². The summed E-state index contributed by atoms with van der Waals surface area (Å²) in [4.78, 5) is 5.00. The van der Waals surface area contributed by atoms with Crippen molar-refractivity contribution in [3.05, 3.63) is 23.8 Å². The van der Waals surface area contributed by atoms with Crippen LogP contribution in [-0.4, -0.2) is 51.3 Å². The largest absolute Gasteiger partial charge is 0.495 e. The molecule has 0 aliphatic carbocycles. The van der Waals surface area contributed by atoms with Crippen LogP contribution in [0.2, 0.25) is 0 Å². The molecular formula is C18H29N3O. The van der Waals surface area contributed by atoms with Gasteiger partial charge < -0.3 is 15.0 Å². The monoisotopic (exact) mass is 303 g/mol. The maximum Gasteiger partial charge on any atom is 0.142 e. The highest BCUT2D eigenvalue weighted by Crippen LogP contribution is 2.30. The number of nitrogens with one attached hydrogen (secondary N) is 1. The maximum absolute atomic E-state index is 5.67. The zero-order valence-corrected chi connectivity index (χ0v) is 14.0. The summed E-state index contributed by atoms with van der Waals surface area (Å²) in [6.07, 6.45) is 2.71. The summed E-state index contributed by atoms with van der Waals surface area (Å²) >= 11 is 0. The molecule has 2 aliphatic heterocycles. The van der Waals surface area contributed by atoms with E-state index in [1.54, 1.807) is 7.11 Å². The first-order valence-electron chi connectivity index (χ1n) is 8.61. The first-order valence-corrected chi connectivity index (χ1v) is 8.61. The van der Waals surface area contributed by atoms with Crippen molar-refractivity contribution in [3.63, 3.8) is 0 Å². The Morgan fingerprint density at radius 2 is 2.05 bits per heavy atom. The lowest BCUT2D eigenvalue weighted by molar-refractivity contribution is 0.176. The summed E-state index contributed by atoms with van der Waals surface area (Å²) in [6.45, 7) is 10.1. The minimum Gasteiger partial charge on any atom is -0.495 e. The zero-order chi connectivity index (χ0) is 15.4. The van der Waals surface area contributed by atoms with Crippen LogP contribution in [0, 0.1) is 5.92 Å². The van der Waals surface area contributed by atoms with Gasteiger partial charge in [-0.3, -0.25) is 4.90 Å². The fourth-order valence-corrected chi connectivity index (χ4v) is 3.68. The molecule has 0 saturated carbocycles. The molecule has 1 aromatic rings. The molecular weight excluding hydrogens is 274 g/mol. The Kier molecular flexibility index (Phi) is 5.21. The van der Waals surface area contributed by atoms with E-state index in [0.29, 0.717) is 0 Å². The number of anilines is 1. The van der Waals surface area contributed by atoms with E-state index in [9.17, 15) is 0 Å². The van der Waals surface area contributed by atoms with Crippen LogP contribution < -0.4 is 15.0 Å². The SMILES string of the molecule is COc1cc(CN2CCCC(C)C2)ccc1N1CCNCC1. The quantitative estimate of drug-likeness (QED) is 0.924. The van der Waals surface area contributed by atoms with Crippen LogP contribution in [-0.2, 0) is 6.54 Å². The molecule has 2 heterocycles. The third-order valence-corrected chi connectivity index (χ3v) is 4.85. The first-order chi connectivity index (χ1) is 10.8. The van der Waals surface area contributed by atoms with Crippen LogP contribution in [0.4, 0.5) is 5.69 Å². The minimum absolute atomic E-state index is 0.829. The lowest BCUT2D eigenvalue weighted by atomic mass is 10.00. The molecule has 1 atom stereocenters. The van der Waals surface area contributed by atoms with Gasteiger partial charge in [0, 0.05) is 39.3 Å². The molecule has 2 fully saturated rings. The average molecular weight is 303 g/mol. The normalized spacial score (nSPS) is 23.5. The maximum atomic E-state index is 5.67. The number of hydrogen-bond acceptors (Lipinski definition) is 4. The predicted molar refractivity (Wildman–Crippen MR) is 91.8 cm³/mol. The van der Waals surface area contributed by atoms with Gasteiger partial charge in [-0.05, 0) is 43.0 Å². The summed E-state index contributed by atoms with van der Waals surface area (Å²) in [6, 6.07) is 6.75. The van der Waals surface area contributed by atoms with E-state index in [4.69, 9.17) is 4.74 Å². The summed E-state index contributed by atoms with van der Waals surface area (Å²) in [7, 11) is 1.79. The number of hydrogen-bond donors (Lipinski definition) is 1. The minimum atomic E-state index is 0.829. The number of likely N-dealkylation sites (tertiary alicyclic amines) is 1. The third kappa shape index (κ3) is 3.73. The van der Waals surface area contributed by atoms with Gasteiger partial charge in [-0.2, -0.15) is 0 Å². The average Bonchev–Trinajstić information content (AvgIpc) is 2.55. The Labute approximate surface area is 134 Å². The molecule has 1 N–H and O–H groups in total. The molecule has 0 spiro atoms. The summed E-state index contributed by atoms with van der Waals surface area (Å²) in [5.74, 6) is 1.85. The highest BCUT2D eigenvalue weighted by Gasteiger charge is 2.18. The van der Waals surface area contributed by atoms with Gasteiger partial charge in [0.1, 0.15) is 5.75 Å². The Hall–Kier alpha value is -1.26. The van der Waals surface area contributed by atoms with Gasteiger partial charge in [-0.15, -0.1) is 0 Å². The van der Waals surface area contributed by atoms with E-state index in [1.807, 2.05) is 0 Å². The first kappa shape index (κ1) is 15.6. The summed E-state index contributed by atoms with van der Waals surface area (Å²) in [5, 5.41) is 3.40. The van der Waals surface area contributed by atoms with E-state index < -0.39 is 0 Å². The van der Waals surface area contributed by atoms with Crippen molar-refractivity contribution in [2.75, 3.05) is 51.3 Å². The number of methoxy groups -OCH3 is 1. The molecule has 2 saturated heterocycles. The number of ether oxygens (including phenoxy) is 1. The van der Waals surface area contributed by atoms with Crippen LogP contribution >= 0.6 is 0 Å². The highest BCUT2D eigenvalue weighted by atomic mass is 16.5. The Morgan fingerprint density at radius 3 is 2.77 bits per heavy atom. The second-order valence-corrected chi connectivity index (χ2v) is 6.73. The number of rotatable bonds is 4. The van der Waals surface area contributed by atoms with Gasteiger partial charge in [0.15, 0.2) is 0 Å². The van der Waals surface area contributed by atoms with Gasteiger partial charge in [0.2, 0.25) is 0 Å². The van der Waals surface area contributed by atoms with Crippen LogP contribution in [0.25, 0.3) is 0 Å². The van der Waals surface area contributed by atoms with Gasteiger partial charge in [0.25, 0.3) is 0 Å². The second-order valence-electron chi connectivity index (χ2n) is 6.73. The number of nitrogens with zero attached hydrogens (tertiary/aromatic N) is 2. The second kappa shape index (κ2) is 7.34. The molecule has 0 radical (unpaired) electrons. The van der Waals surface area contributed by atoms with Gasteiger partial charge in [-0.25, -0.2) is 0 Å². The Balaban J connectivity index is 1.70.